The van der Waals surface area contributed by atoms with Crippen LogP contribution in [0.4, 0.5) is 4.79 Å². The lowest BCUT2D eigenvalue weighted by Gasteiger charge is -2.64. The molecule has 0 aromatic carbocycles. The molecular weight excluding hydrogens is 1330 g/mol. The third kappa shape index (κ3) is 14.1. The van der Waals surface area contributed by atoms with Crippen LogP contribution in [0.15, 0.2) is 11.1 Å². The van der Waals surface area contributed by atoms with E-state index < -0.39 is 143 Å². The van der Waals surface area contributed by atoms with Gasteiger partial charge in [0.25, 0.3) is 0 Å². The summed E-state index contributed by atoms with van der Waals surface area (Å²) in [4.78, 5) is 14.0. The summed E-state index contributed by atoms with van der Waals surface area (Å²) >= 11 is 0. The molecule has 60 heavy (non-hydrogen) atoms. The number of aliphatic hydroxyl groups excluding tert-OH is 2. The van der Waals surface area contributed by atoms with Crippen LogP contribution in [0.25, 0.3) is 0 Å². The van der Waals surface area contributed by atoms with Gasteiger partial charge in [0, 0.05) is 43.6 Å². The normalized spacial score (nSPS) is 35.6. The number of fused-ring (bicyclic) bond motifs is 3. The van der Waals surface area contributed by atoms with E-state index in [0.29, 0.717) is 14.4 Å². The zero-order valence-electron chi connectivity index (χ0n) is 33.1. The molecule has 2 bridgehead atoms. The van der Waals surface area contributed by atoms with Gasteiger partial charge >= 0.3 is 6.16 Å². The van der Waals surface area contributed by atoms with Gasteiger partial charge in [-0.25, -0.2) is 4.79 Å². The van der Waals surface area contributed by atoms with Crippen LogP contribution in [0.5, 0.6) is 0 Å². The predicted octanol–water partition coefficient (Wildman–Crippen LogP) is 18.1. The Morgan fingerprint density at radius 3 is 1.73 bits per heavy atom. The van der Waals surface area contributed by atoms with Crippen LogP contribution in [-0.2, 0) is 23.0 Å². The number of ether oxygens (including phenoxy) is 2. The Kier molecular flexibility index (Phi) is 29.4. The number of hydrogen-bond acceptors (Lipinski definition) is 9. The second-order valence-corrected chi connectivity index (χ2v) is 121. The van der Waals surface area contributed by atoms with Gasteiger partial charge in [-0.15, -0.1) is 134 Å². The molecule has 39 heteroatoms. The smallest absolute Gasteiger partial charge is 0.426 e. The van der Waals surface area contributed by atoms with Gasteiger partial charge in [-0.2, -0.15) is 0 Å². The van der Waals surface area contributed by atoms with Crippen molar-refractivity contribution in [3.05, 3.63) is 11.1 Å². The van der Waals surface area contributed by atoms with Crippen LogP contribution in [0.1, 0.15) is 47.0 Å². The van der Waals surface area contributed by atoms with Gasteiger partial charge in [0.2, 0.25) is 0 Å². The molecule has 3 N–H and O–H groups in total. The topological polar surface area (TPSA) is 124 Å². The van der Waals surface area contributed by atoms with E-state index in [1.54, 1.807) is 0 Å². The first-order chi connectivity index (χ1) is 27.6. The first-order valence-corrected chi connectivity index (χ1v) is 69.5. The Labute approximate surface area is 412 Å². The highest BCUT2D eigenvalue weighted by molar-refractivity contribution is 9.25. The van der Waals surface area contributed by atoms with E-state index in [0.717, 1.165) is 11.1 Å². The van der Waals surface area contributed by atoms with Crippen molar-refractivity contribution in [2.24, 2.45) is 16.7 Å². The molecule has 0 aromatic rings. The Balaban J connectivity index is 2.11. The van der Waals surface area contributed by atoms with Crippen molar-refractivity contribution in [1.82, 2.24) is 0 Å². The van der Waals surface area contributed by atoms with Crippen molar-refractivity contribution >= 4 is 249 Å². The fraction of sp³-hybridized carbons (Fsp3) is 0.857. The van der Waals surface area contributed by atoms with Crippen LogP contribution in [-0.4, -0.2) is 69.8 Å². The third-order valence-electron chi connectivity index (χ3n) is 11.3. The van der Waals surface area contributed by atoms with E-state index in [1.807, 2.05) is 0 Å². The largest absolute Gasteiger partial charge is 0.509 e. The maximum absolute atomic E-state index is 14.0. The predicted molar refractivity (Wildman–Crippen MR) is 352 cm³/mol. The van der Waals surface area contributed by atoms with Crippen LogP contribution in [0, 0.1) is 16.7 Å². The Morgan fingerprint density at radius 2 is 1.28 bits per heavy atom. The monoisotopic (exact) mass is 1390 g/mol. The fourth-order valence-corrected chi connectivity index (χ4v) is 238. The average Bonchev–Trinajstić information content (AvgIpc) is 3.44. The molecule has 1 heterocycles. The van der Waals surface area contributed by atoms with Gasteiger partial charge in [-0.05, 0) is 80.4 Å². The minimum atomic E-state index is -2.05. The van der Waals surface area contributed by atoms with E-state index in [-0.39, 0.29) is 33.8 Å². The van der Waals surface area contributed by atoms with Crippen molar-refractivity contribution in [2.75, 3.05) is 6.61 Å². The maximum Gasteiger partial charge on any atom is 0.509 e. The molecule has 3 aliphatic carbocycles. The van der Waals surface area contributed by atoms with Gasteiger partial charge in [0.1, 0.15) is 5.60 Å². The van der Waals surface area contributed by atoms with Crippen LogP contribution >= 0.6 is 243 Å². The van der Waals surface area contributed by atoms with E-state index >= 15 is 0 Å². The highest BCUT2D eigenvalue weighted by Crippen LogP contribution is 3.21. The Bertz CT molecular complexity index is 1500. The molecule has 21 unspecified atom stereocenters. The van der Waals surface area contributed by atoms with Gasteiger partial charge < -0.3 is 38.4 Å². The molecule has 30 atom stereocenters. The van der Waals surface area contributed by atoms with Gasteiger partial charge in [-0.3, -0.25) is 0 Å². The lowest BCUT2D eigenvalue weighted by Crippen LogP contribution is -2.74. The van der Waals surface area contributed by atoms with E-state index in [2.05, 4.69) is 171 Å². The number of rotatable bonds is 18. The minimum absolute atomic E-state index is 0.101. The number of aliphatic hydroxyl groups is 3. The summed E-state index contributed by atoms with van der Waals surface area (Å²) in [5, 5.41) is 36.4. The molecule has 1 spiro atoms. The lowest BCUT2D eigenvalue weighted by atomic mass is 9.46. The summed E-state index contributed by atoms with van der Waals surface area (Å²) in [5.41, 5.74) is -3.10. The first-order valence-electron chi connectivity index (χ1n) is 17.3. The lowest BCUT2D eigenvalue weighted by molar-refractivity contribution is -0.268. The zero-order chi connectivity index (χ0) is 45.8. The van der Waals surface area contributed by atoms with E-state index in [1.165, 1.54) is 0 Å². The summed E-state index contributed by atoms with van der Waals surface area (Å²) in [6.07, 6.45) is -3.95. The summed E-state index contributed by atoms with van der Waals surface area (Å²) < 4.78 is 35.6. The Morgan fingerprint density at radius 1 is 0.750 bits per heavy atom. The van der Waals surface area contributed by atoms with Crippen molar-refractivity contribution < 1.29 is 43.2 Å². The molecule has 0 aromatic heterocycles. The molecule has 9 nitrogen and oxygen atoms in total. The Hall–Kier alpha value is 11.7. The minimum Gasteiger partial charge on any atom is -0.426 e. The molecular formula is C21H62O9P30. The summed E-state index contributed by atoms with van der Waals surface area (Å²) in [6.45, 7) is 2.69. The molecule has 3 fully saturated rings. The number of carbonyl (C=O) groups excluding carboxylic acids is 1. The van der Waals surface area contributed by atoms with Gasteiger partial charge in [0.05, 0.1) is 53.6 Å². The summed E-state index contributed by atoms with van der Waals surface area (Å²) in [5.74, 6) is -0.992. The second-order valence-electron chi connectivity index (χ2n) is 15.0. The fourth-order valence-electron chi connectivity index (χ4n) is 8.84. The van der Waals surface area contributed by atoms with Crippen molar-refractivity contribution in [3.63, 3.8) is 0 Å². The van der Waals surface area contributed by atoms with Crippen molar-refractivity contribution in [3.8, 4) is 0 Å². The van der Waals surface area contributed by atoms with Crippen LogP contribution in [0.2, 0.25) is 0 Å². The zero-order valence-corrected chi connectivity index (χ0v) is 64.2. The first kappa shape index (κ1) is 64.2. The number of carbonyl (C=O) groups is 1. The van der Waals surface area contributed by atoms with Crippen molar-refractivity contribution in [2.45, 2.75) is 88.7 Å². The SMILES string of the molecule is CC1=C2[C@H](OP(P(P)P)P(PP)P(P)P)C[C@]3(C)[C@@H](OP(P(P)P)P(P)P)C[C@H](O)[C@@](O)(CO)[C@H]3[C@@H]3OC(=O)O[C@@]3(C[C@@H]1OP(P)P(P(P)P)P(P(P)P)P(P)P)C2(C)C. The van der Waals surface area contributed by atoms with Crippen LogP contribution in [0.3, 0.4) is 0 Å². The molecule has 1 saturated heterocycles. The molecule has 4 rings (SSSR count). The number of hydrogen-bond donors (Lipinski definition) is 3. The summed E-state index contributed by atoms with van der Waals surface area (Å²) in [6, 6.07) is 0. The van der Waals surface area contributed by atoms with E-state index in [4.69, 9.17) is 23.0 Å². The van der Waals surface area contributed by atoms with E-state index in [9.17, 15) is 20.1 Å². The highest BCUT2D eigenvalue weighted by atomic mass is 33.3. The van der Waals surface area contributed by atoms with Crippen LogP contribution < -0.4 is 0 Å². The highest BCUT2D eigenvalue weighted by Gasteiger charge is 2.76. The third-order valence-corrected chi connectivity index (χ3v) is 155. The average molecular weight is 1390 g/mol. The molecule has 2 saturated carbocycles. The van der Waals surface area contributed by atoms with Crippen molar-refractivity contribution in [1.29, 1.82) is 0 Å². The molecule has 4 aliphatic rings. The van der Waals surface area contributed by atoms with Gasteiger partial charge in [-0.1, -0.05) is 37.7 Å². The molecule has 0 radical (unpaired) electrons. The summed E-state index contributed by atoms with van der Waals surface area (Å²) in [7, 11) is 46.5. The van der Waals surface area contributed by atoms with Gasteiger partial charge in [0.15, 0.2) is 11.7 Å². The quantitative estimate of drug-likeness (QED) is 0.0699. The molecule has 0 amide bonds. The maximum atomic E-state index is 14.0. The molecule has 1 aliphatic heterocycles. The second kappa shape index (κ2) is 27.5. The standard InChI is InChI=1S/C21H62O9P30/c1-9-10(28-48(32)59(55(41)42)60(56(43)44)57(45)46)7-21-16(26-17(24)27-21)15-19(4,13(5-12(23)20(15,25)8-22)30-49(51(33)34)52(35)36)6-11(14(9)18(21,2)3)29-50(53(37)38)58(47-31)54(39)40/h10-13,15-16,22-23,25,47H,5-8,31-46H2,1-4H3/t10-,11+,12-,13-,15-,16-,19+,20-,21+,48?,50?,58?,59?/m0/s1. The molecule has 350 valence electrons.